The van der Waals surface area contributed by atoms with Crippen LogP contribution in [0.3, 0.4) is 0 Å². The van der Waals surface area contributed by atoms with Gasteiger partial charge >= 0.3 is 0 Å². The second-order valence-corrected chi connectivity index (χ2v) is 8.50. The Balaban J connectivity index is 1.74. The molecule has 0 aliphatic carbocycles. The standard InChI is InChI=1S/C26H31N5O2/c1-17(25(27)32)10-21(19-5-6-20-13-24(33-2)8-7-18(20)11-19)12-22-14-29-16-30-26(22)31-23-4-3-9-28-15-23/h5-8,10-13,16-17,23,28H,3-4,9,14-15H2,1-2H3,(H2,27,32)(H,29,30,31)/b21-10+,22-12+. The van der Waals surface area contributed by atoms with Gasteiger partial charge in [0.25, 0.3) is 0 Å². The topological polar surface area (TPSA) is 101 Å². The van der Waals surface area contributed by atoms with Gasteiger partial charge in [0.1, 0.15) is 11.6 Å². The predicted octanol–water partition coefficient (Wildman–Crippen LogP) is 3.06. The first kappa shape index (κ1) is 22.7. The molecule has 2 atom stereocenters. The number of hydrogen-bond acceptors (Lipinski definition) is 5. The maximum absolute atomic E-state index is 11.8. The minimum absolute atomic E-state index is 0.240. The molecule has 0 radical (unpaired) electrons. The molecule has 2 aromatic rings. The normalized spacial score (nSPS) is 22.4. The molecule has 7 nitrogen and oxygen atoms in total. The van der Waals surface area contributed by atoms with E-state index in [4.69, 9.17) is 15.5 Å². The predicted molar refractivity (Wildman–Crippen MR) is 135 cm³/mol. The van der Waals surface area contributed by atoms with E-state index in [0.29, 0.717) is 6.54 Å². The second-order valence-electron chi connectivity index (χ2n) is 8.50. The number of primary amides is 1. The molecule has 2 unspecified atom stereocenters. The summed E-state index contributed by atoms with van der Waals surface area (Å²) in [5.74, 6) is 0.881. The number of amidine groups is 1. The number of carbonyl (C=O) groups is 1. The zero-order valence-electron chi connectivity index (χ0n) is 19.2. The average Bonchev–Trinajstić information content (AvgIpc) is 2.84. The van der Waals surface area contributed by atoms with E-state index in [9.17, 15) is 4.79 Å². The van der Waals surface area contributed by atoms with Gasteiger partial charge in [-0.1, -0.05) is 31.2 Å². The molecule has 4 rings (SSSR count). The third kappa shape index (κ3) is 5.68. The van der Waals surface area contributed by atoms with Crippen LogP contribution in [0.1, 0.15) is 25.3 Å². The highest BCUT2D eigenvalue weighted by Crippen LogP contribution is 2.27. The zero-order chi connectivity index (χ0) is 23.2. The first-order chi connectivity index (χ1) is 16.0. The van der Waals surface area contributed by atoms with Crippen molar-refractivity contribution in [2.24, 2.45) is 21.6 Å². The van der Waals surface area contributed by atoms with Gasteiger partial charge in [0.2, 0.25) is 5.91 Å². The highest BCUT2D eigenvalue weighted by Gasteiger charge is 2.17. The molecule has 1 amide bonds. The van der Waals surface area contributed by atoms with Crippen molar-refractivity contribution >= 4 is 34.4 Å². The third-order valence-electron chi connectivity index (χ3n) is 6.03. The van der Waals surface area contributed by atoms with E-state index < -0.39 is 5.92 Å². The van der Waals surface area contributed by atoms with Crippen molar-refractivity contribution in [3.63, 3.8) is 0 Å². The summed E-state index contributed by atoms with van der Waals surface area (Å²) in [6, 6.07) is 12.5. The Bertz CT molecular complexity index is 1140. The van der Waals surface area contributed by atoms with Gasteiger partial charge in [-0.25, -0.2) is 0 Å². The van der Waals surface area contributed by atoms with Gasteiger partial charge in [0.15, 0.2) is 0 Å². The molecule has 4 N–H and O–H groups in total. The van der Waals surface area contributed by atoms with Crippen LogP contribution in [0.4, 0.5) is 0 Å². The minimum atomic E-state index is -0.411. The van der Waals surface area contributed by atoms with Crippen molar-refractivity contribution in [2.45, 2.75) is 25.8 Å². The van der Waals surface area contributed by atoms with Crippen LogP contribution in [-0.2, 0) is 4.79 Å². The van der Waals surface area contributed by atoms with Gasteiger partial charge in [-0.2, -0.15) is 0 Å². The van der Waals surface area contributed by atoms with Crippen molar-refractivity contribution in [3.05, 3.63) is 59.7 Å². The fourth-order valence-electron chi connectivity index (χ4n) is 4.08. The number of amides is 1. The molecule has 0 aromatic heterocycles. The number of nitrogens with two attached hydrogens (primary N) is 1. The van der Waals surface area contributed by atoms with Gasteiger partial charge in [-0.3, -0.25) is 14.8 Å². The number of nitrogens with one attached hydrogen (secondary N) is 2. The lowest BCUT2D eigenvalue weighted by atomic mass is 9.95. The first-order valence-electron chi connectivity index (χ1n) is 11.4. The fraction of sp³-hybridized carbons (Fsp3) is 0.346. The summed E-state index contributed by atoms with van der Waals surface area (Å²) in [4.78, 5) is 21.2. The van der Waals surface area contributed by atoms with E-state index in [0.717, 1.165) is 65.0 Å². The Kier molecular flexibility index (Phi) is 7.19. The molecule has 1 saturated heterocycles. The van der Waals surface area contributed by atoms with Crippen LogP contribution in [0.5, 0.6) is 5.75 Å². The highest BCUT2D eigenvalue weighted by molar-refractivity contribution is 6.08. The molecule has 2 aliphatic heterocycles. The molecule has 2 heterocycles. The average molecular weight is 446 g/mol. The number of allylic oxidation sites excluding steroid dienone is 2. The number of benzene rings is 2. The number of aliphatic imine (C=N–C) groups is 2. The molecule has 0 bridgehead atoms. The molecule has 7 heteroatoms. The number of nitrogens with zero attached hydrogens (tertiary/aromatic N) is 2. The summed E-state index contributed by atoms with van der Waals surface area (Å²) < 4.78 is 5.34. The Morgan fingerprint density at radius 3 is 2.85 bits per heavy atom. The monoisotopic (exact) mass is 445 g/mol. The minimum Gasteiger partial charge on any atom is -0.497 e. The molecular formula is C26H31N5O2. The van der Waals surface area contributed by atoms with Gasteiger partial charge in [0.05, 0.1) is 32.0 Å². The second kappa shape index (κ2) is 10.4. The van der Waals surface area contributed by atoms with Gasteiger partial charge in [-0.15, -0.1) is 0 Å². The summed E-state index contributed by atoms with van der Waals surface area (Å²) in [6.45, 7) is 4.27. The van der Waals surface area contributed by atoms with E-state index in [-0.39, 0.29) is 11.9 Å². The molecule has 0 spiro atoms. The van der Waals surface area contributed by atoms with Crippen LogP contribution >= 0.6 is 0 Å². The summed E-state index contributed by atoms with van der Waals surface area (Å²) in [6.07, 6.45) is 7.88. The summed E-state index contributed by atoms with van der Waals surface area (Å²) in [5, 5.41) is 8.81. The Labute approximate surface area is 194 Å². The van der Waals surface area contributed by atoms with E-state index in [2.05, 4.69) is 39.9 Å². The number of fused-ring (bicyclic) bond motifs is 1. The number of carbonyl (C=O) groups excluding carboxylic acids is 1. The van der Waals surface area contributed by atoms with Crippen LogP contribution in [0.25, 0.3) is 16.3 Å². The van der Waals surface area contributed by atoms with E-state index in [1.54, 1.807) is 13.4 Å². The SMILES string of the molecule is COc1ccc2cc(C(/C=C3\CN=CNC3=NC3CCCNC3)=C/C(C)C(N)=O)ccc2c1. The Morgan fingerprint density at radius 2 is 2.09 bits per heavy atom. The maximum Gasteiger partial charge on any atom is 0.224 e. The summed E-state index contributed by atoms with van der Waals surface area (Å²) in [7, 11) is 1.66. The number of methoxy groups -OCH3 is 1. The molecule has 2 aromatic carbocycles. The number of ether oxygens (including phenoxy) is 1. The molecule has 172 valence electrons. The van der Waals surface area contributed by atoms with E-state index >= 15 is 0 Å². The van der Waals surface area contributed by atoms with Crippen molar-refractivity contribution < 1.29 is 9.53 Å². The van der Waals surface area contributed by atoms with Gasteiger partial charge in [-0.05, 0) is 65.6 Å². The van der Waals surface area contributed by atoms with Crippen LogP contribution < -0.4 is 21.1 Å². The van der Waals surface area contributed by atoms with Crippen molar-refractivity contribution in [1.29, 1.82) is 0 Å². The summed E-state index contributed by atoms with van der Waals surface area (Å²) in [5.41, 5.74) is 8.49. The smallest absolute Gasteiger partial charge is 0.224 e. The number of rotatable bonds is 6. The van der Waals surface area contributed by atoms with E-state index in [1.807, 2.05) is 31.2 Å². The fourth-order valence-corrected chi connectivity index (χ4v) is 4.08. The molecule has 1 fully saturated rings. The lowest BCUT2D eigenvalue weighted by Gasteiger charge is -2.22. The third-order valence-corrected chi connectivity index (χ3v) is 6.03. The van der Waals surface area contributed by atoms with Crippen molar-refractivity contribution in [1.82, 2.24) is 10.6 Å². The first-order valence-corrected chi connectivity index (χ1v) is 11.4. The molecule has 33 heavy (non-hydrogen) atoms. The van der Waals surface area contributed by atoms with Crippen LogP contribution in [-0.4, -0.2) is 50.9 Å². The van der Waals surface area contributed by atoms with Crippen LogP contribution in [0.2, 0.25) is 0 Å². The van der Waals surface area contributed by atoms with Crippen molar-refractivity contribution in [2.75, 3.05) is 26.7 Å². The maximum atomic E-state index is 11.8. The lowest BCUT2D eigenvalue weighted by Crippen LogP contribution is -2.36. The number of hydrogen-bond donors (Lipinski definition) is 3. The Hall–Kier alpha value is -3.45. The lowest BCUT2D eigenvalue weighted by molar-refractivity contribution is -0.119. The Morgan fingerprint density at radius 1 is 1.27 bits per heavy atom. The zero-order valence-corrected chi connectivity index (χ0v) is 19.2. The van der Waals surface area contributed by atoms with E-state index in [1.165, 1.54) is 0 Å². The number of piperidine rings is 1. The van der Waals surface area contributed by atoms with Crippen molar-refractivity contribution in [3.8, 4) is 5.75 Å². The van der Waals surface area contributed by atoms with Gasteiger partial charge in [0, 0.05) is 12.1 Å². The van der Waals surface area contributed by atoms with Gasteiger partial charge < -0.3 is 21.1 Å². The summed E-state index contributed by atoms with van der Waals surface area (Å²) >= 11 is 0. The largest absolute Gasteiger partial charge is 0.497 e. The molecule has 0 saturated carbocycles. The molecular weight excluding hydrogens is 414 g/mol. The van der Waals surface area contributed by atoms with Crippen LogP contribution in [0.15, 0.2) is 64.1 Å². The highest BCUT2D eigenvalue weighted by atomic mass is 16.5. The van der Waals surface area contributed by atoms with Crippen LogP contribution in [0, 0.1) is 5.92 Å². The molecule has 2 aliphatic rings. The quantitative estimate of drug-likeness (QED) is 0.636.